The van der Waals surface area contributed by atoms with Gasteiger partial charge in [0.2, 0.25) is 0 Å². The zero-order valence-electron chi connectivity index (χ0n) is 11.1. The first-order valence-electron chi connectivity index (χ1n) is 6.46. The SMILES string of the molecule is OC(CNCc1ccsc1)COCc1ccccc1Cl. The topological polar surface area (TPSA) is 41.5 Å². The third kappa shape index (κ3) is 5.23. The van der Waals surface area contributed by atoms with Gasteiger partial charge in [0.15, 0.2) is 0 Å². The Morgan fingerprint density at radius 1 is 1.30 bits per heavy atom. The molecular formula is C15H18ClNO2S. The second kappa shape index (κ2) is 8.39. The van der Waals surface area contributed by atoms with E-state index in [1.807, 2.05) is 29.6 Å². The molecule has 108 valence electrons. The highest BCUT2D eigenvalue weighted by atomic mass is 35.5. The van der Waals surface area contributed by atoms with Gasteiger partial charge in [-0.2, -0.15) is 11.3 Å². The number of ether oxygens (including phenoxy) is 1. The number of benzene rings is 1. The number of aliphatic hydroxyl groups excluding tert-OH is 1. The van der Waals surface area contributed by atoms with Crippen molar-refractivity contribution in [2.24, 2.45) is 0 Å². The van der Waals surface area contributed by atoms with E-state index in [9.17, 15) is 5.11 Å². The van der Waals surface area contributed by atoms with Gasteiger partial charge in [-0.3, -0.25) is 0 Å². The molecule has 2 N–H and O–H groups in total. The summed E-state index contributed by atoms with van der Waals surface area (Å²) in [6.07, 6.45) is -0.517. The van der Waals surface area contributed by atoms with Gasteiger partial charge in [-0.1, -0.05) is 29.8 Å². The molecule has 1 atom stereocenters. The maximum atomic E-state index is 9.81. The van der Waals surface area contributed by atoms with E-state index in [2.05, 4.69) is 16.8 Å². The maximum absolute atomic E-state index is 9.81. The molecule has 3 nitrogen and oxygen atoms in total. The van der Waals surface area contributed by atoms with E-state index in [4.69, 9.17) is 16.3 Å². The summed E-state index contributed by atoms with van der Waals surface area (Å²) in [5.41, 5.74) is 2.17. The van der Waals surface area contributed by atoms with Crippen LogP contribution in [0.1, 0.15) is 11.1 Å². The molecule has 2 rings (SSSR count). The average Bonchev–Trinajstić information content (AvgIpc) is 2.94. The van der Waals surface area contributed by atoms with Crippen LogP contribution in [0.25, 0.3) is 0 Å². The summed E-state index contributed by atoms with van der Waals surface area (Å²) in [5.74, 6) is 0. The first-order chi connectivity index (χ1) is 9.75. The Labute approximate surface area is 128 Å². The fraction of sp³-hybridized carbons (Fsp3) is 0.333. The molecule has 20 heavy (non-hydrogen) atoms. The summed E-state index contributed by atoms with van der Waals surface area (Å²) in [6.45, 7) is 1.99. The van der Waals surface area contributed by atoms with Gasteiger partial charge >= 0.3 is 0 Å². The molecule has 0 bridgehead atoms. The highest BCUT2D eigenvalue weighted by Crippen LogP contribution is 2.15. The Morgan fingerprint density at radius 2 is 2.15 bits per heavy atom. The van der Waals surface area contributed by atoms with E-state index in [1.165, 1.54) is 5.56 Å². The monoisotopic (exact) mass is 311 g/mol. The molecule has 1 unspecified atom stereocenters. The Kier molecular flexibility index (Phi) is 6.50. The van der Waals surface area contributed by atoms with Crippen LogP contribution in [0.3, 0.4) is 0 Å². The van der Waals surface area contributed by atoms with Crippen molar-refractivity contribution in [2.75, 3.05) is 13.2 Å². The smallest absolute Gasteiger partial charge is 0.0897 e. The standard InChI is InChI=1S/C15H18ClNO2S/c16-15-4-2-1-3-13(15)9-19-10-14(18)8-17-7-12-5-6-20-11-12/h1-6,11,14,17-18H,7-10H2. The van der Waals surface area contributed by atoms with E-state index in [1.54, 1.807) is 11.3 Å². The van der Waals surface area contributed by atoms with Gasteiger partial charge in [0.1, 0.15) is 0 Å². The molecule has 0 saturated heterocycles. The molecule has 0 saturated carbocycles. The van der Waals surface area contributed by atoms with Gasteiger partial charge in [0, 0.05) is 18.1 Å². The second-order valence-electron chi connectivity index (χ2n) is 4.52. The lowest BCUT2D eigenvalue weighted by atomic mass is 10.2. The van der Waals surface area contributed by atoms with E-state index < -0.39 is 6.10 Å². The number of thiophene rings is 1. The van der Waals surface area contributed by atoms with E-state index in [0.29, 0.717) is 24.8 Å². The van der Waals surface area contributed by atoms with Crippen LogP contribution in [0.2, 0.25) is 5.02 Å². The molecule has 0 radical (unpaired) electrons. The number of hydrogen-bond donors (Lipinski definition) is 2. The normalized spacial score (nSPS) is 12.5. The first kappa shape index (κ1) is 15.5. The van der Waals surface area contributed by atoms with Crippen molar-refractivity contribution >= 4 is 22.9 Å². The minimum absolute atomic E-state index is 0.294. The van der Waals surface area contributed by atoms with Crippen molar-refractivity contribution in [3.8, 4) is 0 Å². The highest BCUT2D eigenvalue weighted by Gasteiger charge is 2.05. The van der Waals surface area contributed by atoms with Gasteiger partial charge in [0.25, 0.3) is 0 Å². The highest BCUT2D eigenvalue weighted by molar-refractivity contribution is 7.07. The molecule has 0 amide bonds. The van der Waals surface area contributed by atoms with Crippen LogP contribution in [-0.2, 0) is 17.9 Å². The molecular weight excluding hydrogens is 294 g/mol. The van der Waals surface area contributed by atoms with Crippen LogP contribution < -0.4 is 5.32 Å². The molecule has 0 fully saturated rings. The minimum atomic E-state index is -0.517. The summed E-state index contributed by atoms with van der Waals surface area (Å²) < 4.78 is 5.48. The number of rotatable bonds is 8. The lowest BCUT2D eigenvalue weighted by molar-refractivity contribution is 0.0288. The van der Waals surface area contributed by atoms with Crippen LogP contribution >= 0.6 is 22.9 Å². The molecule has 1 aromatic heterocycles. The molecule has 0 spiro atoms. The van der Waals surface area contributed by atoms with Crippen molar-refractivity contribution in [1.82, 2.24) is 5.32 Å². The Bertz CT molecular complexity index is 504. The summed E-state index contributed by atoms with van der Waals surface area (Å²) >= 11 is 7.70. The second-order valence-corrected chi connectivity index (χ2v) is 5.71. The van der Waals surface area contributed by atoms with Crippen LogP contribution in [0.15, 0.2) is 41.1 Å². The van der Waals surface area contributed by atoms with Gasteiger partial charge in [-0.15, -0.1) is 0 Å². The van der Waals surface area contributed by atoms with E-state index in [0.717, 1.165) is 12.1 Å². The lowest BCUT2D eigenvalue weighted by Gasteiger charge is -2.12. The largest absolute Gasteiger partial charge is 0.389 e. The molecule has 0 aliphatic carbocycles. The quantitative estimate of drug-likeness (QED) is 0.787. The molecule has 1 heterocycles. The zero-order valence-corrected chi connectivity index (χ0v) is 12.7. The lowest BCUT2D eigenvalue weighted by Crippen LogP contribution is -2.29. The van der Waals surface area contributed by atoms with E-state index in [-0.39, 0.29) is 0 Å². The predicted octanol–water partition coefficient (Wildman–Crippen LogP) is 3.07. The van der Waals surface area contributed by atoms with Crippen LogP contribution in [0.5, 0.6) is 0 Å². The number of hydrogen-bond acceptors (Lipinski definition) is 4. The molecule has 0 aliphatic heterocycles. The number of nitrogens with one attached hydrogen (secondary N) is 1. The molecule has 1 aromatic carbocycles. The summed E-state index contributed by atoms with van der Waals surface area (Å²) in [4.78, 5) is 0. The summed E-state index contributed by atoms with van der Waals surface area (Å²) in [7, 11) is 0. The Balaban J connectivity index is 1.60. The summed E-state index contributed by atoms with van der Waals surface area (Å²) in [6, 6.07) is 9.62. The summed E-state index contributed by atoms with van der Waals surface area (Å²) in [5, 5.41) is 17.8. The molecule has 0 aliphatic rings. The minimum Gasteiger partial charge on any atom is -0.389 e. The van der Waals surface area contributed by atoms with Gasteiger partial charge in [-0.25, -0.2) is 0 Å². The first-order valence-corrected chi connectivity index (χ1v) is 7.79. The Morgan fingerprint density at radius 3 is 2.90 bits per heavy atom. The third-order valence-electron chi connectivity index (χ3n) is 2.81. The maximum Gasteiger partial charge on any atom is 0.0897 e. The molecule has 5 heteroatoms. The van der Waals surface area contributed by atoms with Gasteiger partial charge < -0.3 is 15.2 Å². The van der Waals surface area contributed by atoms with Crippen LogP contribution in [-0.4, -0.2) is 24.4 Å². The Hall–Kier alpha value is -0.910. The van der Waals surface area contributed by atoms with Crippen molar-refractivity contribution < 1.29 is 9.84 Å². The van der Waals surface area contributed by atoms with Crippen molar-refractivity contribution in [1.29, 1.82) is 0 Å². The third-order valence-corrected chi connectivity index (χ3v) is 3.92. The van der Waals surface area contributed by atoms with Crippen molar-refractivity contribution in [3.05, 3.63) is 57.2 Å². The number of halogens is 1. The predicted molar refractivity (Wildman–Crippen MR) is 83.1 cm³/mol. The number of aliphatic hydroxyl groups is 1. The van der Waals surface area contributed by atoms with Gasteiger partial charge in [-0.05, 0) is 34.0 Å². The van der Waals surface area contributed by atoms with Crippen LogP contribution in [0, 0.1) is 0 Å². The van der Waals surface area contributed by atoms with Crippen molar-refractivity contribution in [3.63, 3.8) is 0 Å². The van der Waals surface area contributed by atoms with E-state index >= 15 is 0 Å². The fourth-order valence-electron chi connectivity index (χ4n) is 1.76. The molecule has 2 aromatic rings. The van der Waals surface area contributed by atoms with Crippen molar-refractivity contribution in [2.45, 2.75) is 19.3 Å². The fourth-order valence-corrected chi connectivity index (χ4v) is 2.61. The average molecular weight is 312 g/mol. The zero-order chi connectivity index (χ0) is 14.2. The van der Waals surface area contributed by atoms with Gasteiger partial charge in [0.05, 0.1) is 19.3 Å². The van der Waals surface area contributed by atoms with Crippen LogP contribution in [0.4, 0.5) is 0 Å².